The number of fused-ring (bicyclic) bond motifs is 3. The number of aliphatic imine (C=N–C) groups is 1. The Labute approximate surface area is 287 Å². The number of rotatable bonds is 8. The van der Waals surface area contributed by atoms with Crippen LogP contribution in [0.3, 0.4) is 0 Å². The molecule has 1 amide bonds. The van der Waals surface area contributed by atoms with Crippen molar-refractivity contribution in [2.24, 2.45) is 16.8 Å². The van der Waals surface area contributed by atoms with Gasteiger partial charge in [0.2, 0.25) is 11.9 Å². The monoisotopic (exact) mass is 664 g/mol. The molecule has 2 aliphatic heterocycles. The molecule has 7 rings (SSSR count). The number of aromatic amines is 1. The predicted octanol–water partition coefficient (Wildman–Crippen LogP) is 6.84. The Kier molecular flexibility index (Phi) is 8.79. The Balaban J connectivity index is 1.19. The summed E-state index contributed by atoms with van der Waals surface area (Å²) in [7, 11) is 0. The first-order valence-electron chi connectivity index (χ1n) is 17.5. The summed E-state index contributed by atoms with van der Waals surface area (Å²) in [4.78, 5) is 43.3. The van der Waals surface area contributed by atoms with Crippen molar-refractivity contribution in [1.29, 1.82) is 0 Å². The number of aryl methyl sites for hydroxylation is 2. The zero-order valence-corrected chi connectivity index (χ0v) is 29.8. The Hall–Kier alpha value is -3.82. The van der Waals surface area contributed by atoms with Crippen molar-refractivity contribution in [3.05, 3.63) is 75.9 Å². The van der Waals surface area contributed by atoms with Gasteiger partial charge in [0.15, 0.2) is 0 Å². The first kappa shape index (κ1) is 32.7. The molecule has 48 heavy (non-hydrogen) atoms. The van der Waals surface area contributed by atoms with E-state index in [0.717, 1.165) is 54.3 Å². The van der Waals surface area contributed by atoms with Gasteiger partial charge in [-0.05, 0) is 106 Å². The molecule has 5 heterocycles. The highest BCUT2D eigenvalue weighted by atomic mass is 32.1. The summed E-state index contributed by atoms with van der Waals surface area (Å²) in [5.41, 5.74) is 6.66. The van der Waals surface area contributed by atoms with Crippen molar-refractivity contribution in [3.8, 4) is 11.3 Å². The van der Waals surface area contributed by atoms with Crippen LogP contribution in [0.4, 0.5) is 0 Å². The molecular formula is C39H48N6O2S. The van der Waals surface area contributed by atoms with E-state index in [4.69, 9.17) is 0 Å². The second kappa shape index (κ2) is 12.9. The number of piperidine rings is 1. The van der Waals surface area contributed by atoms with Crippen LogP contribution in [0, 0.1) is 25.7 Å². The molecule has 2 saturated heterocycles. The van der Waals surface area contributed by atoms with Gasteiger partial charge in [-0.3, -0.25) is 14.6 Å². The molecule has 8 nitrogen and oxygen atoms in total. The van der Waals surface area contributed by atoms with Crippen molar-refractivity contribution >= 4 is 39.2 Å². The number of benzene rings is 1. The minimum absolute atomic E-state index is 0.0847. The van der Waals surface area contributed by atoms with E-state index >= 15 is 0 Å². The normalized spacial score (nSPS) is 23.3. The van der Waals surface area contributed by atoms with Gasteiger partial charge in [0.25, 0.3) is 0 Å². The Morgan fingerprint density at radius 3 is 2.50 bits per heavy atom. The second-order valence-corrected chi connectivity index (χ2v) is 16.0. The van der Waals surface area contributed by atoms with E-state index in [2.05, 4.69) is 102 Å². The fourth-order valence-electron chi connectivity index (χ4n) is 8.52. The van der Waals surface area contributed by atoms with E-state index in [1.54, 1.807) is 11.3 Å². The number of aromatic nitrogens is 2. The number of nitrogens with zero attached hydrogens (tertiary/aromatic N) is 3. The number of pyridine rings is 1. The van der Waals surface area contributed by atoms with E-state index in [0.29, 0.717) is 36.2 Å². The number of carbonyl (C=O) groups is 2. The summed E-state index contributed by atoms with van der Waals surface area (Å²) in [5.74, 6) is 1.83. The first-order chi connectivity index (χ1) is 23.0. The van der Waals surface area contributed by atoms with Crippen molar-refractivity contribution in [1.82, 2.24) is 25.5 Å². The third kappa shape index (κ3) is 6.11. The first-order valence-corrected chi connectivity index (χ1v) is 18.3. The molecule has 3 N–H and O–H groups in total. The summed E-state index contributed by atoms with van der Waals surface area (Å²) >= 11 is 1.72. The zero-order valence-electron chi connectivity index (χ0n) is 29.0. The van der Waals surface area contributed by atoms with Gasteiger partial charge in [-0.1, -0.05) is 24.1 Å². The quantitative estimate of drug-likeness (QED) is 0.141. The Bertz CT molecular complexity index is 1830. The van der Waals surface area contributed by atoms with Crippen molar-refractivity contribution < 1.29 is 9.59 Å². The highest BCUT2D eigenvalue weighted by Gasteiger charge is 2.50. The molecule has 5 atom stereocenters. The number of ketones is 1. The molecule has 1 aliphatic carbocycles. The van der Waals surface area contributed by atoms with Gasteiger partial charge in [0.1, 0.15) is 10.6 Å². The van der Waals surface area contributed by atoms with Crippen LogP contribution in [0.5, 0.6) is 0 Å². The van der Waals surface area contributed by atoms with E-state index in [-0.39, 0.29) is 17.7 Å². The Morgan fingerprint density at radius 2 is 1.85 bits per heavy atom. The van der Waals surface area contributed by atoms with Gasteiger partial charge in [-0.25, -0.2) is 0 Å². The number of guanidine groups is 1. The standard InChI is InChI=1S/C39H48N6O2S/c1-22-15-23(2)17-29(16-22)35-33(24(3)19-42-38(43-25(4)46)45-14-11-28(21-45)26-9-12-40-13-10-26)30-18-32(48-37(30)44-35)39(5,6)36(47)34-27-7-8-31(34)41-20-27/h9-10,12-13,15-18,24,27-28,31,34,41,44H,7-8,11,14,19-21H2,1-6H3,(H,42,43,46)/t24-,27?,28?,31?,34?/m1/s1. The highest BCUT2D eigenvalue weighted by Crippen LogP contribution is 2.46. The number of amides is 1. The number of Topliss-reactive ketones (excluding diaryl/α,β-unsaturated/α-hetero) is 1. The number of nitrogens with one attached hydrogen (secondary N) is 3. The van der Waals surface area contributed by atoms with E-state index in [1.807, 2.05) is 12.4 Å². The topological polar surface area (TPSA) is 102 Å². The van der Waals surface area contributed by atoms with Crippen LogP contribution < -0.4 is 10.6 Å². The van der Waals surface area contributed by atoms with Gasteiger partial charge < -0.3 is 20.5 Å². The number of hydrogen-bond acceptors (Lipinski definition) is 5. The number of H-pyrrole nitrogens is 1. The van der Waals surface area contributed by atoms with Gasteiger partial charge in [0, 0.05) is 73.0 Å². The number of hydrogen-bond donors (Lipinski definition) is 3. The lowest BCUT2D eigenvalue weighted by Gasteiger charge is -2.27. The molecule has 0 spiro atoms. The molecule has 252 valence electrons. The lowest BCUT2D eigenvalue weighted by atomic mass is 9.76. The van der Waals surface area contributed by atoms with Crippen LogP contribution in [0.1, 0.15) is 85.9 Å². The molecule has 3 fully saturated rings. The molecule has 9 heteroatoms. The summed E-state index contributed by atoms with van der Waals surface area (Å²) in [6.45, 7) is 15.5. The predicted molar refractivity (Wildman–Crippen MR) is 195 cm³/mol. The smallest absolute Gasteiger partial charge is 0.245 e. The van der Waals surface area contributed by atoms with Crippen LogP contribution in [-0.2, 0) is 15.0 Å². The fourth-order valence-corrected chi connectivity index (χ4v) is 9.71. The van der Waals surface area contributed by atoms with Crippen LogP contribution in [0.2, 0.25) is 0 Å². The number of thiophene rings is 1. The van der Waals surface area contributed by atoms with Crippen molar-refractivity contribution in [2.45, 2.75) is 84.1 Å². The summed E-state index contributed by atoms with van der Waals surface area (Å²) in [6.07, 6.45) is 6.94. The summed E-state index contributed by atoms with van der Waals surface area (Å²) in [5, 5.41) is 8.37. The van der Waals surface area contributed by atoms with Crippen LogP contribution in [0.15, 0.2) is 53.8 Å². The van der Waals surface area contributed by atoms with Gasteiger partial charge in [-0.15, -0.1) is 11.3 Å². The third-order valence-electron chi connectivity index (χ3n) is 11.0. The summed E-state index contributed by atoms with van der Waals surface area (Å²) < 4.78 is 0. The Morgan fingerprint density at radius 1 is 1.10 bits per heavy atom. The van der Waals surface area contributed by atoms with Crippen LogP contribution >= 0.6 is 11.3 Å². The average Bonchev–Trinajstić information content (AvgIpc) is 3.89. The zero-order chi connectivity index (χ0) is 33.7. The molecule has 4 unspecified atom stereocenters. The van der Waals surface area contributed by atoms with Crippen molar-refractivity contribution in [3.63, 3.8) is 0 Å². The minimum atomic E-state index is -0.566. The molecule has 1 saturated carbocycles. The SMILES string of the molecule is CC(=O)N=C(NC[C@@H](C)c1c(-c2cc(C)cc(C)c2)[nH]c2sc(C(C)(C)C(=O)C3C4CCC3NC4)cc12)N1CCC(c2ccncc2)C1. The second-order valence-electron chi connectivity index (χ2n) is 15.0. The maximum absolute atomic E-state index is 14.1. The van der Waals surface area contributed by atoms with E-state index in [1.165, 1.54) is 40.1 Å². The van der Waals surface area contributed by atoms with E-state index in [9.17, 15) is 9.59 Å². The maximum Gasteiger partial charge on any atom is 0.245 e. The van der Waals surface area contributed by atoms with Gasteiger partial charge in [0.05, 0.1) is 11.1 Å². The van der Waals surface area contributed by atoms with Crippen LogP contribution in [-0.4, -0.2) is 64.7 Å². The molecule has 4 aromatic rings. The average molecular weight is 665 g/mol. The molecule has 0 radical (unpaired) electrons. The maximum atomic E-state index is 14.1. The number of likely N-dealkylation sites (tertiary alicyclic amines) is 1. The molecule has 3 aromatic heterocycles. The lowest BCUT2D eigenvalue weighted by molar-refractivity contribution is -0.128. The minimum Gasteiger partial charge on any atom is -0.355 e. The molecular weight excluding hydrogens is 617 g/mol. The largest absolute Gasteiger partial charge is 0.355 e. The number of carbonyl (C=O) groups excluding carboxylic acids is 2. The summed E-state index contributed by atoms with van der Waals surface area (Å²) in [6, 6.07) is 13.5. The van der Waals surface area contributed by atoms with Gasteiger partial charge >= 0.3 is 0 Å². The van der Waals surface area contributed by atoms with Crippen LogP contribution in [0.25, 0.3) is 21.5 Å². The highest BCUT2D eigenvalue weighted by molar-refractivity contribution is 7.19. The third-order valence-corrected chi connectivity index (χ3v) is 12.4. The van der Waals surface area contributed by atoms with E-state index < -0.39 is 5.41 Å². The van der Waals surface area contributed by atoms with Crippen molar-refractivity contribution in [2.75, 3.05) is 26.2 Å². The molecule has 1 aromatic carbocycles. The van der Waals surface area contributed by atoms with Gasteiger partial charge in [-0.2, -0.15) is 4.99 Å². The molecule has 2 bridgehead atoms. The molecule has 3 aliphatic rings. The lowest BCUT2D eigenvalue weighted by Crippen LogP contribution is -2.42. The fraction of sp³-hybridized carbons (Fsp3) is 0.487.